The van der Waals surface area contributed by atoms with Gasteiger partial charge in [-0.05, 0) is 32.6 Å². The van der Waals surface area contributed by atoms with E-state index in [0.29, 0.717) is 19.4 Å². The molecule has 0 aromatic heterocycles. The van der Waals surface area contributed by atoms with Crippen molar-refractivity contribution in [3.05, 3.63) is 24.3 Å². The molecule has 186 valence electrons. The monoisotopic (exact) mass is 466 g/mol. The molecule has 4 amide bonds. The molecule has 1 fully saturated rings. The standard InChI is InChI=1S/C23H38N4O6/c1-14(2)20(23(33)25(5)15(3)21(24)31)26(6)22(32)17-10-9-13-27(17)19(30)12-8-7-11-18(29)16(4)28/h7-8,11-12,14-18,20,28-29H,9-10,13H2,1-6H3,(H2,24,31)/b11-7+,12-8+. The van der Waals surface area contributed by atoms with Crippen molar-refractivity contribution in [1.82, 2.24) is 14.7 Å². The third-order valence-corrected chi connectivity index (χ3v) is 5.96. The van der Waals surface area contributed by atoms with Gasteiger partial charge in [0, 0.05) is 26.7 Å². The van der Waals surface area contributed by atoms with Crippen molar-refractivity contribution < 1.29 is 29.4 Å². The quantitative estimate of drug-likeness (QED) is 0.296. The Morgan fingerprint density at radius 2 is 1.64 bits per heavy atom. The molecule has 1 heterocycles. The van der Waals surface area contributed by atoms with Crippen molar-refractivity contribution in [2.45, 2.75) is 70.9 Å². The summed E-state index contributed by atoms with van der Waals surface area (Å²) in [5, 5.41) is 18.8. The van der Waals surface area contributed by atoms with Crippen LogP contribution in [-0.2, 0) is 19.2 Å². The van der Waals surface area contributed by atoms with E-state index in [1.807, 2.05) is 13.8 Å². The number of nitrogens with zero attached hydrogens (tertiary/aromatic N) is 3. The molecule has 0 bridgehead atoms. The number of hydrogen-bond acceptors (Lipinski definition) is 6. The summed E-state index contributed by atoms with van der Waals surface area (Å²) in [4.78, 5) is 54.6. The minimum Gasteiger partial charge on any atom is -0.390 e. The van der Waals surface area contributed by atoms with Crippen LogP contribution in [0.2, 0.25) is 0 Å². The van der Waals surface area contributed by atoms with Crippen molar-refractivity contribution in [2.75, 3.05) is 20.6 Å². The van der Waals surface area contributed by atoms with Crippen LogP contribution >= 0.6 is 0 Å². The summed E-state index contributed by atoms with van der Waals surface area (Å²) in [6.07, 6.45) is 4.71. The predicted molar refractivity (Wildman–Crippen MR) is 124 cm³/mol. The fraction of sp³-hybridized carbons (Fsp3) is 0.652. The second kappa shape index (κ2) is 12.5. The zero-order valence-corrected chi connectivity index (χ0v) is 20.3. The highest BCUT2D eigenvalue weighted by atomic mass is 16.3. The highest BCUT2D eigenvalue weighted by molar-refractivity contribution is 5.96. The molecule has 10 nitrogen and oxygen atoms in total. The molecule has 10 heteroatoms. The highest BCUT2D eigenvalue weighted by Gasteiger charge is 2.40. The molecule has 1 rings (SSSR count). The van der Waals surface area contributed by atoms with E-state index in [1.54, 1.807) is 0 Å². The van der Waals surface area contributed by atoms with E-state index in [4.69, 9.17) is 5.73 Å². The Kier molecular flexibility index (Phi) is 10.7. The number of amides is 4. The number of aliphatic hydroxyl groups is 2. The number of primary amides is 1. The van der Waals surface area contributed by atoms with Crippen LogP contribution < -0.4 is 5.73 Å². The second-order valence-corrected chi connectivity index (χ2v) is 8.83. The third kappa shape index (κ3) is 7.40. The molecule has 5 unspecified atom stereocenters. The summed E-state index contributed by atoms with van der Waals surface area (Å²) >= 11 is 0. The Labute approximate surface area is 195 Å². The lowest BCUT2D eigenvalue weighted by Gasteiger charge is -2.37. The number of rotatable bonds is 10. The van der Waals surface area contributed by atoms with Gasteiger partial charge in [0.25, 0.3) is 0 Å². The molecular weight excluding hydrogens is 428 g/mol. The van der Waals surface area contributed by atoms with E-state index in [1.165, 1.54) is 66.9 Å². The van der Waals surface area contributed by atoms with Gasteiger partial charge in [-0.25, -0.2) is 0 Å². The van der Waals surface area contributed by atoms with Crippen LogP contribution in [0.5, 0.6) is 0 Å². The van der Waals surface area contributed by atoms with E-state index in [2.05, 4.69) is 0 Å². The number of nitrogens with two attached hydrogens (primary N) is 1. The van der Waals surface area contributed by atoms with Crippen LogP contribution in [0.15, 0.2) is 24.3 Å². The van der Waals surface area contributed by atoms with E-state index >= 15 is 0 Å². The third-order valence-electron chi connectivity index (χ3n) is 5.96. The Morgan fingerprint density at radius 1 is 1.03 bits per heavy atom. The molecule has 33 heavy (non-hydrogen) atoms. The lowest BCUT2D eigenvalue weighted by Crippen LogP contribution is -2.57. The Balaban J connectivity index is 2.97. The van der Waals surface area contributed by atoms with Gasteiger partial charge >= 0.3 is 0 Å². The molecular formula is C23H38N4O6. The second-order valence-electron chi connectivity index (χ2n) is 8.83. The average molecular weight is 467 g/mol. The molecule has 1 aliphatic rings. The van der Waals surface area contributed by atoms with Gasteiger partial charge < -0.3 is 30.6 Å². The topological polar surface area (TPSA) is 144 Å². The lowest BCUT2D eigenvalue weighted by atomic mass is 9.99. The molecule has 0 aliphatic carbocycles. The smallest absolute Gasteiger partial charge is 0.247 e. The van der Waals surface area contributed by atoms with Crippen LogP contribution in [0.3, 0.4) is 0 Å². The minimum atomic E-state index is -1.04. The Hall–Kier alpha value is -2.72. The number of likely N-dealkylation sites (N-methyl/N-ethyl adjacent to an activating group) is 2. The van der Waals surface area contributed by atoms with Crippen molar-refractivity contribution in [1.29, 1.82) is 0 Å². The molecule has 5 atom stereocenters. The van der Waals surface area contributed by atoms with Crippen LogP contribution in [0.1, 0.15) is 40.5 Å². The summed E-state index contributed by atoms with van der Waals surface area (Å²) in [6.45, 7) is 7.00. The van der Waals surface area contributed by atoms with Crippen LogP contribution in [0, 0.1) is 5.92 Å². The summed E-state index contributed by atoms with van der Waals surface area (Å²) in [7, 11) is 3.01. The largest absolute Gasteiger partial charge is 0.390 e. The molecule has 0 spiro atoms. The summed E-state index contributed by atoms with van der Waals surface area (Å²) in [5.74, 6) is -1.98. The van der Waals surface area contributed by atoms with Crippen molar-refractivity contribution >= 4 is 23.6 Å². The first-order valence-corrected chi connectivity index (χ1v) is 11.1. The first-order valence-electron chi connectivity index (χ1n) is 11.1. The molecule has 0 radical (unpaired) electrons. The van der Waals surface area contributed by atoms with Crippen molar-refractivity contribution in [3.8, 4) is 0 Å². The number of carbonyl (C=O) groups is 4. The Bertz CT molecular complexity index is 779. The lowest BCUT2D eigenvalue weighted by molar-refractivity contribution is -0.151. The normalized spacial score (nSPS) is 20.2. The molecule has 0 aromatic carbocycles. The molecule has 0 aromatic rings. The van der Waals surface area contributed by atoms with Gasteiger partial charge in [0.05, 0.1) is 12.2 Å². The SMILES string of the molecule is CC(C)C(C(=O)N(C)C(C)C(N)=O)N(C)C(=O)C1CCCN1C(=O)/C=C/C=C/C(O)C(C)O. The number of aliphatic hydroxyl groups excluding tert-OH is 2. The number of allylic oxidation sites excluding steroid dienone is 2. The summed E-state index contributed by atoms with van der Waals surface area (Å²) in [6, 6.07) is -2.34. The summed E-state index contributed by atoms with van der Waals surface area (Å²) < 4.78 is 0. The fourth-order valence-electron chi connectivity index (χ4n) is 3.72. The fourth-order valence-corrected chi connectivity index (χ4v) is 3.72. The maximum Gasteiger partial charge on any atom is 0.247 e. The van der Waals surface area contributed by atoms with E-state index in [9.17, 15) is 29.4 Å². The maximum absolute atomic E-state index is 13.3. The molecule has 1 saturated heterocycles. The first kappa shape index (κ1) is 28.3. The number of likely N-dealkylation sites (tertiary alicyclic amines) is 1. The minimum absolute atomic E-state index is 0.232. The zero-order valence-electron chi connectivity index (χ0n) is 20.3. The van der Waals surface area contributed by atoms with Crippen molar-refractivity contribution in [2.24, 2.45) is 11.7 Å². The van der Waals surface area contributed by atoms with Crippen molar-refractivity contribution in [3.63, 3.8) is 0 Å². The van der Waals surface area contributed by atoms with Gasteiger partial charge in [0.1, 0.15) is 18.1 Å². The van der Waals surface area contributed by atoms with Crippen LogP contribution in [0.25, 0.3) is 0 Å². The van der Waals surface area contributed by atoms with E-state index in [-0.39, 0.29) is 17.7 Å². The van der Waals surface area contributed by atoms with E-state index < -0.39 is 42.1 Å². The highest BCUT2D eigenvalue weighted by Crippen LogP contribution is 2.23. The van der Waals surface area contributed by atoms with Gasteiger partial charge in [-0.2, -0.15) is 0 Å². The van der Waals surface area contributed by atoms with Crippen LogP contribution in [0.4, 0.5) is 0 Å². The number of carbonyl (C=O) groups excluding carboxylic acids is 4. The molecule has 0 saturated carbocycles. The van der Waals surface area contributed by atoms with E-state index in [0.717, 1.165) is 0 Å². The average Bonchev–Trinajstić information content (AvgIpc) is 3.24. The van der Waals surface area contributed by atoms with Gasteiger partial charge in [-0.1, -0.05) is 32.1 Å². The maximum atomic E-state index is 13.3. The van der Waals surface area contributed by atoms with Gasteiger partial charge in [0.2, 0.25) is 23.6 Å². The molecule has 4 N–H and O–H groups in total. The van der Waals surface area contributed by atoms with Gasteiger partial charge in [-0.15, -0.1) is 0 Å². The van der Waals surface area contributed by atoms with Gasteiger partial charge in [-0.3, -0.25) is 19.2 Å². The Morgan fingerprint density at radius 3 is 2.15 bits per heavy atom. The van der Waals surface area contributed by atoms with Crippen LogP contribution in [-0.4, -0.2) is 99.5 Å². The zero-order chi connectivity index (χ0) is 25.5. The summed E-state index contributed by atoms with van der Waals surface area (Å²) in [5.41, 5.74) is 5.32. The molecule has 1 aliphatic heterocycles. The van der Waals surface area contributed by atoms with Gasteiger partial charge in [0.15, 0.2) is 0 Å². The first-order chi connectivity index (χ1) is 15.3. The number of hydrogen-bond donors (Lipinski definition) is 3. The predicted octanol–water partition coefficient (Wildman–Crippen LogP) is -0.353.